The number of likely N-dealkylation sites (N-methyl/N-ethyl adjacent to an activating group) is 3. The number of amides is 3. The van der Waals surface area contributed by atoms with E-state index in [2.05, 4.69) is 5.32 Å². The lowest BCUT2D eigenvalue weighted by atomic mass is 10.1. The molecule has 1 N–H and O–H groups in total. The number of nitrogens with one attached hydrogen (secondary N) is 1. The minimum Gasteiger partial charge on any atom is -0.310 e. The molecule has 2 fully saturated rings. The smallest absolute Gasteiger partial charge is 0.310 e. The summed E-state index contributed by atoms with van der Waals surface area (Å²) >= 11 is 0. The minimum absolute atomic E-state index is 0.134. The van der Waals surface area contributed by atoms with Gasteiger partial charge in [-0.1, -0.05) is 0 Å². The van der Waals surface area contributed by atoms with Crippen molar-refractivity contribution in [3.8, 4) is 0 Å². The van der Waals surface area contributed by atoms with Crippen molar-refractivity contribution in [2.75, 3.05) is 27.8 Å². The van der Waals surface area contributed by atoms with E-state index in [9.17, 15) is 9.59 Å². The average Bonchev–Trinajstić information content (AvgIpc) is 2.54. The first-order valence-corrected chi connectivity index (χ1v) is 4.52. The third kappa shape index (κ3) is 1.04. The van der Waals surface area contributed by atoms with E-state index >= 15 is 0 Å². The molecule has 78 valence electrons. The second kappa shape index (κ2) is 2.93. The molecule has 0 aromatic carbocycles. The van der Waals surface area contributed by atoms with Crippen LogP contribution in [0.2, 0.25) is 0 Å². The van der Waals surface area contributed by atoms with Crippen LogP contribution in [0.4, 0.5) is 4.79 Å². The van der Waals surface area contributed by atoms with Gasteiger partial charge in [0.05, 0.1) is 6.67 Å². The number of carbonyl (C=O) groups excluding carboxylic acids is 2. The molecule has 2 heterocycles. The van der Waals surface area contributed by atoms with E-state index in [0.717, 1.165) is 0 Å². The molecule has 0 saturated carbocycles. The van der Waals surface area contributed by atoms with Gasteiger partial charge >= 0.3 is 6.03 Å². The van der Waals surface area contributed by atoms with Crippen molar-refractivity contribution in [2.45, 2.75) is 12.2 Å². The maximum atomic E-state index is 11.8. The van der Waals surface area contributed by atoms with Crippen LogP contribution in [0.15, 0.2) is 0 Å². The Balaban J connectivity index is 2.32. The summed E-state index contributed by atoms with van der Waals surface area (Å²) < 4.78 is 0. The maximum Gasteiger partial charge on any atom is 0.327 e. The summed E-state index contributed by atoms with van der Waals surface area (Å²) in [6.07, 6.45) is -0.184. The predicted molar refractivity (Wildman–Crippen MR) is 49.3 cm³/mol. The Labute approximate surface area is 82.4 Å². The van der Waals surface area contributed by atoms with Crippen molar-refractivity contribution in [3.63, 3.8) is 0 Å². The number of hydrogen-bond acceptors (Lipinski definition) is 4. The molecule has 0 aliphatic carbocycles. The van der Waals surface area contributed by atoms with Gasteiger partial charge in [-0.2, -0.15) is 0 Å². The first-order chi connectivity index (χ1) is 6.54. The van der Waals surface area contributed by atoms with E-state index in [0.29, 0.717) is 6.67 Å². The summed E-state index contributed by atoms with van der Waals surface area (Å²) in [6.45, 7) is 0.631. The van der Waals surface area contributed by atoms with Gasteiger partial charge in [0, 0.05) is 14.1 Å². The molecule has 2 unspecified atom stereocenters. The van der Waals surface area contributed by atoms with Gasteiger partial charge in [0.1, 0.15) is 12.2 Å². The number of carbonyl (C=O) groups is 2. The summed E-state index contributed by atoms with van der Waals surface area (Å²) in [5.74, 6) is -0.134. The van der Waals surface area contributed by atoms with E-state index in [1.54, 1.807) is 11.9 Å². The molecule has 2 saturated heterocycles. The first-order valence-electron chi connectivity index (χ1n) is 4.52. The van der Waals surface area contributed by atoms with Gasteiger partial charge in [-0.25, -0.2) is 4.79 Å². The van der Waals surface area contributed by atoms with Crippen LogP contribution in [0.5, 0.6) is 0 Å². The quantitative estimate of drug-likeness (QED) is 0.525. The summed E-state index contributed by atoms with van der Waals surface area (Å²) in [4.78, 5) is 28.0. The highest BCUT2D eigenvalue weighted by atomic mass is 16.2. The maximum absolute atomic E-state index is 11.8. The van der Waals surface area contributed by atoms with E-state index in [4.69, 9.17) is 0 Å². The monoisotopic (exact) mass is 198 g/mol. The molecule has 14 heavy (non-hydrogen) atoms. The van der Waals surface area contributed by atoms with Gasteiger partial charge in [-0.3, -0.25) is 19.9 Å². The second-order valence-corrected chi connectivity index (χ2v) is 3.80. The zero-order valence-electron chi connectivity index (χ0n) is 8.52. The lowest BCUT2D eigenvalue weighted by Gasteiger charge is -2.39. The van der Waals surface area contributed by atoms with Crippen LogP contribution < -0.4 is 5.32 Å². The van der Waals surface area contributed by atoms with Gasteiger partial charge < -0.3 is 4.90 Å². The van der Waals surface area contributed by atoms with Crippen molar-refractivity contribution < 1.29 is 9.59 Å². The van der Waals surface area contributed by atoms with Crippen LogP contribution in [0.3, 0.4) is 0 Å². The fourth-order valence-electron chi connectivity index (χ4n) is 2.01. The van der Waals surface area contributed by atoms with Crippen LogP contribution in [-0.4, -0.2) is 66.7 Å². The van der Waals surface area contributed by atoms with Gasteiger partial charge in [-0.05, 0) is 7.05 Å². The Kier molecular flexibility index (Phi) is 1.97. The van der Waals surface area contributed by atoms with Crippen molar-refractivity contribution in [2.24, 2.45) is 0 Å². The van der Waals surface area contributed by atoms with Crippen molar-refractivity contribution >= 4 is 11.9 Å². The number of fused-ring (bicyclic) bond motifs is 1. The molecular formula is C8H14N4O2. The second-order valence-electron chi connectivity index (χ2n) is 3.80. The summed E-state index contributed by atoms with van der Waals surface area (Å²) in [7, 11) is 5.09. The van der Waals surface area contributed by atoms with Gasteiger partial charge in [0.15, 0.2) is 0 Å². The zero-order chi connectivity index (χ0) is 10.5. The molecule has 0 bridgehead atoms. The SMILES string of the molecule is CN1C(=O)C2C(NCN2C)N(C)C1=O. The molecule has 2 aliphatic rings. The number of imide groups is 1. The third-order valence-electron chi connectivity index (χ3n) is 2.91. The van der Waals surface area contributed by atoms with E-state index in [1.807, 2.05) is 11.9 Å². The van der Waals surface area contributed by atoms with Crippen molar-refractivity contribution in [3.05, 3.63) is 0 Å². The minimum atomic E-state index is -0.251. The molecule has 6 heteroatoms. The number of hydrogen-bond donors (Lipinski definition) is 1. The molecule has 2 atom stereocenters. The number of rotatable bonds is 0. The Morgan fingerprint density at radius 1 is 1.29 bits per heavy atom. The predicted octanol–water partition coefficient (Wildman–Crippen LogP) is -1.30. The summed E-state index contributed by atoms with van der Waals surface area (Å²) in [5.41, 5.74) is 0. The van der Waals surface area contributed by atoms with Crippen LogP contribution in [0, 0.1) is 0 Å². The van der Waals surface area contributed by atoms with Crippen LogP contribution in [0.25, 0.3) is 0 Å². The molecule has 0 spiro atoms. The van der Waals surface area contributed by atoms with E-state index in [1.165, 1.54) is 11.9 Å². The molecule has 2 aliphatic heterocycles. The number of urea groups is 1. The molecule has 3 amide bonds. The van der Waals surface area contributed by atoms with Gasteiger partial charge in [0.2, 0.25) is 0 Å². The highest BCUT2D eigenvalue weighted by Crippen LogP contribution is 2.20. The highest BCUT2D eigenvalue weighted by molar-refractivity contribution is 6.00. The largest absolute Gasteiger partial charge is 0.327 e. The Morgan fingerprint density at radius 3 is 2.57 bits per heavy atom. The van der Waals surface area contributed by atoms with Crippen molar-refractivity contribution in [1.29, 1.82) is 0 Å². The van der Waals surface area contributed by atoms with Gasteiger partial charge in [-0.15, -0.1) is 0 Å². The molecule has 0 aromatic rings. The van der Waals surface area contributed by atoms with E-state index < -0.39 is 0 Å². The molecule has 0 aromatic heterocycles. The molecular weight excluding hydrogens is 184 g/mol. The lowest BCUT2D eigenvalue weighted by Crippen LogP contribution is -2.64. The van der Waals surface area contributed by atoms with Gasteiger partial charge in [0.25, 0.3) is 5.91 Å². The highest BCUT2D eigenvalue weighted by Gasteiger charge is 2.48. The normalized spacial score (nSPS) is 33.9. The first kappa shape index (κ1) is 9.42. The van der Waals surface area contributed by atoms with E-state index in [-0.39, 0.29) is 24.1 Å². The fraction of sp³-hybridized carbons (Fsp3) is 0.750. The van der Waals surface area contributed by atoms with Crippen LogP contribution in [0.1, 0.15) is 0 Å². The standard InChI is InChI=1S/C8H14N4O2/c1-10-4-9-6-5(10)7(13)12(3)8(14)11(6)2/h5-6,9H,4H2,1-3H3. The Morgan fingerprint density at radius 2 is 1.93 bits per heavy atom. The average molecular weight is 198 g/mol. The topological polar surface area (TPSA) is 55.9 Å². The summed E-state index contributed by atoms with van der Waals surface area (Å²) in [6, 6.07) is -0.498. The lowest BCUT2D eigenvalue weighted by molar-refractivity contribution is -0.136. The van der Waals surface area contributed by atoms with Crippen LogP contribution in [-0.2, 0) is 4.79 Å². The third-order valence-corrected chi connectivity index (χ3v) is 2.91. The van der Waals surface area contributed by atoms with Crippen molar-refractivity contribution in [1.82, 2.24) is 20.0 Å². The zero-order valence-corrected chi connectivity index (χ0v) is 8.52. The van der Waals surface area contributed by atoms with Crippen LogP contribution >= 0.6 is 0 Å². The molecule has 0 radical (unpaired) electrons. The Bertz CT molecular complexity index is 293. The molecule has 2 rings (SSSR count). The number of nitrogens with zero attached hydrogens (tertiary/aromatic N) is 3. The summed E-state index contributed by atoms with van der Waals surface area (Å²) in [5, 5.41) is 3.12. The molecule has 6 nitrogen and oxygen atoms in total. The fourth-order valence-corrected chi connectivity index (χ4v) is 2.01. The Hall–Kier alpha value is -1.14.